The molecule has 19 heavy (non-hydrogen) atoms. The minimum Gasteiger partial charge on any atom is -0.297 e. The number of rotatable bonds is 3. The fourth-order valence-electron chi connectivity index (χ4n) is 2.02. The van der Waals surface area contributed by atoms with Gasteiger partial charge in [-0.05, 0) is 25.1 Å². The van der Waals surface area contributed by atoms with E-state index < -0.39 is 9.84 Å². The number of carbonyl (C=O) groups is 1. The van der Waals surface area contributed by atoms with Gasteiger partial charge in [0.2, 0.25) is 0 Å². The predicted molar refractivity (Wildman–Crippen MR) is 74.5 cm³/mol. The lowest BCUT2D eigenvalue weighted by Crippen LogP contribution is -2.29. The molecule has 0 unspecified atom stereocenters. The Kier molecular flexibility index (Phi) is 4.56. The zero-order chi connectivity index (χ0) is 13.9. The lowest BCUT2D eigenvalue weighted by molar-refractivity contribution is 0.0957. The van der Waals surface area contributed by atoms with Crippen molar-refractivity contribution in [2.75, 3.05) is 24.6 Å². The predicted octanol–water partition coefficient (Wildman–Crippen LogP) is -0.0279. The highest BCUT2D eigenvalue weighted by Gasteiger charge is 2.19. The molecule has 0 saturated carbocycles. The standard InChI is InChI=1S/C11H17N3O3S2/c12-13-11(15)10-3-2-9(18-10)8-14-4-1-6-19(16,17)7-5-14/h2-3H,1,4-8,12H2,(H,13,15). The van der Waals surface area contributed by atoms with E-state index in [4.69, 9.17) is 5.84 Å². The van der Waals surface area contributed by atoms with E-state index in [1.807, 2.05) is 6.07 Å². The maximum absolute atomic E-state index is 11.5. The van der Waals surface area contributed by atoms with Gasteiger partial charge >= 0.3 is 0 Å². The second kappa shape index (κ2) is 6.00. The molecule has 1 aromatic rings. The van der Waals surface area contributed by atoms with Crippen LogP contribution < -0.4 is 11.3 Å². The van der Waals surface area contributed by atoms with Crippen LogP contribution in [0.4, 0.5) is 0 Å². The number of nitrogens with two attached hydrogens (primary N) is 1. The van der Waals surface area contributed by atoms with E-state index in [0.29, 0.717) is 24.4 Å². The lowest BCUT2D eigenvalue weighted by atomic mass is 10.3. The first-order valence-corrected chi connectivity index (χ1v) is 8.66. The van der Waals surface area contributed by atoms with Gasteiger partial charge in [0.25, 0.3) is 5.91 Å². The molecule has 0 aromatic carbocycles. The van der Waals surface area contributed by atoms with E-state index in [1.165, 1.54) is 11.3 Å². The van der Waals surface area contributed by atoms with Crippen molar-refractivity contribution < 1.29 is 13.2 Å². The number of carbonyl (C=O) groups excluding carboxylic acids is 1. The maximum Gasteiger partial charge on any atom is 0.275 e. The molecule has 3 N–H and O–H groups in total. The zero-order valence-corrected chi connectivity index (χ0v) is 12.1. The molecule has 0 aliphatic carbocycles. The Hall–Kier alpha value is -0.960. The van der Waals surface area contributed by atoms with Crippen molar-refractivity contribution in [2.24, 2.45) is 5.84 Å². The van der Waals surface area contributed by atoms with Crippen molar-refractivity contribution in [1.29, 1.82) is 0 Å². The molecule has 1 fully saturated rings. The summed E-state index contributed by atoms with van der Waals surface area (Å²) in [7, 11) is -2.88. The summed E-state index contributed by atoms with van der Waals surface area (Å²) in [4.78, 5) is 15.1. The van der Waals surface area contributed by atoms with E-state index in [0.717, 1.165) is 11.4 Å². The fourth-order valence-corrected chi connectivity index (χ4v) is 4.29. The van der Waals surface area contributed by atoms with Crippen LogP contribution in [0.25, 0.3) is 0 Å². The van der Waals surface area contributed by atoms with Crippen molar-refractivity contribution in [3.05, 3.63) is 21.9 Å². The Labute approximate surface area is 116 Å². The van der Waals surface area contributed by atoms with Gasteiger partial charge in [-0.15, -0.1) is 11.3 Å². The summed E-state index contributed by atoms with van der Waals surface area (Å²) >= 11 is 1.38. The summed E-state index contributed by atoms with van der Waals surface area (Å²) in [5, 5.41) is 0. The van der Waals surface area contributed by atoms with Gasteiger partial charge in [0.1, 0.15) is 0 Å². The first kappa shape index (κ1) is 14.4. The number of thiophene rings is 1. The Bertz CT molecular complexity index is 553. The van der Waals surface area contributed by atoms with E-state index in [1.54, 1.807) is 6.07 Å². The molecule has 0 bridgehead atoms. The van der Waals surface area contributed by atoms with Crippen LogP contribution in [0.1, 0.15) is 21.0 Å². The van der Waals surface area contributed by atoms with Gasteiger partial charge in [0.05, 0.1) is 16.4 Å². The van der Waals surface area contributed by atoms with Crippen molar-refractivity contribution in [1.82, 2.24) is 10.3 Å². The number of sulfone groups is 1. The molecule has 0 radical (unpaired) electrons. The Morgan fingerprint density at radius 1 is 1.37 bits per heavy atom. The van der Waals surface area contributed by atoms with Crippen molar-refractivity contribution in [2.45, 2.75) is 13.0 Å². The molecule has 1 aliphatic rings. The molecule has 0 spiro atoms. The normalized spacial score (nSPS) is 19.8. The van der Waals surface area contributed by atoms with Crippen LogP contribution in [0, 0.1) is 0 Å². The topological polar surface area (TPSA) is 92.5 Å². The Balaban J connectivity index is 1.97. The molecule has 1 aromatic heterocycles. The third-order valence-corrected chi connectivity index (χ3v) is 5.83. The van der Waals surface area contributed by atoms with Crippen LogP contribution in [0.3, 0.4) is 0 Å². The summed E-state index contributed by atoms with van der Waals surface area (Å²) in [5.74, 6) is 5.27. The highest BCUT2D eigenvalue weighted by atomic mass is 32.2. The molecule has 106 valence electrons. The Morgan fingerprint density at radius 2 is 2.16 bits per heavy atom. The third-order valence-electron chi connectivity index (χ3n) is 3.04. The summed E-state index contributed by atoms with van der Waals surface area (Å²) in [6.45, 7) is 2.01. The van der Waals surface area contributed by atoms with E-state index >= 15 is 0 Å². The number of hydrogen-bond donors (Lipinski definition) is 2. The number of nitrogen functional groups attached to an aromatic ring is 1. The Morgan fingerprint density at radius 3 is 2.89 bits per heavy atom. The molecule has 1 amide bonds. The van der Waals surface area contributed by atoms with Crippen LogP contribution in [0.2, 0.25) is 0 Å². The quantitative estimate of drug-likeness (QED) is 0.465. The largest absolute Gasteiger partial charge is 0.297 e. The molecular weight excluding hydrogens is 286 g/mol. The van der Waals surface area contributed by atoms with Gasteiger partial charge in [0.15, 0.2) is 9.84 Å². The van der Waals surface area contributed by atoms with Crippen LogP contribution >= 0.6 is 11.3 Å². The summed E-state index contributed by atoms with van der Waals surface area (Å²) in [6.07, 6.45) is 0.670. The zero-order valence-electron chi connectivity index (χ0n) is 10.5. The summed E-state index contributed by atoms with van der Waals surface area (Å²) in [6, 6.07) is 3.62. The number of nitrogens with one attached hydrogen (secondary N) is 1. The van der Waals surface area contributed by atoms with Crippen LogP contribution in [-0.2, 0) is 16.4 Å². The first-order chi connectivity index (χ1) is 9.00. The molecular formula is C11H17N3O3S2. The fraction of sp³-hybridized carbons (Fsp3) is 0.545. The minimum absolute atomic E-state index is 0.217. The lowest BCUT2D eigenvalue weighted by Gasteiger charge is -2.17. The van der Waals surface area contributed by atoms with Gasteiger partial charge in [-0.3, -0.25) is 15.1 Å². The number of nitrogens with zero attached hydrogens (tertiary/aromatic N) is 1. The highest BCUT2D eigenvalue weighted by Crippen LogP contribution is 2.19. The molecule has 0 atom stereocenters. The van der Waals surface area contributed by atoms with Gasteiger partial charge in [-0.1, -0.05) is 0 Å². The van der Waals surface area contributed by atoms with Crippen molar-refractivity contribution in [3.8, 4) is 0 Å². The first-order valence-electron chi connectivity index (χ1n) is 6.02. The van der Waals surface area contributed by atoms with E-state index in [2.05, 4.69) is 10.3 Å². The number of hydrazine groups is 1. The molecule has 1 aliphatic heterocycles. The third kappa shape index (κ3) is 4.00. The van der Waals surface area contributed by atoms with Crippen LogP contribution in [-0.4, -0.2) is 43.8 Å². The summed E-state index contributed by atoms with van der Waals surface area (Å²) < 4.78 is 23.0. The van der Waals surface area contributed by atoms with Gasteiger partial charge in [-0.25, -0.2) is 14.3 Å². The maximum atomic E-state index is 11.5. The monoisotopic (exact) mass is 303 g/mol. The van der Waals surface area contributed by atoms with Gasteiger partial charge in [0, 0.05) is 18.0 Å². The molecule has 2 rings (SSSR count). The van der Waals surface area contributed by atoms with Crippen LogP contribution in [0.5, 0.6) is 0 Å². The van der Waals surface area contributed by atoms with Crippen molar-refractivity contribution >= 4 is 27.1 Å². The smallest absolute Gasteiger partial charge is 0.275 e. The van der Waals surface area contributed by atoms with Gasteiger partial charge in [-0.2, -0.15) is 0 Å². The highest BCUT2D eigenvalue weighted by molar-refractivity contribution is 7.91. The summed E-state index contributed by atoms with van der Waals surface area (Å²) in [5.41, 5.74) is 2.10. The second-order valence-electron chi connectivity index (χ2n) is 4.52. The second-order valence-corrected chi connectivity index (χ2v) is 7.99. The molecule has 8 heteroatoms. The minimum atomic E-state index is -2.88. The average Bonchev–Trinajstić information content (AvgIpc) is 2.76. The van der Waals surface area contributed by atoms with E-state index in [-0.39, 0.29) is 17.4 Å². The number of amides is 1. The molecule has 1 saturated heterocycles. The SMILES string of the molecule is NNC(=O)c1ccc(CN2CCCS(=O)(=O)CC2)s1. The van der Waals surface area contributed by atoms with Crippen LogP contribution in [0.15, 0.2) is 12.1 Å². The molecule has 6 nitrogen and oxygen atoms in total. The van der Waals surface area contributed by atoms with E-state index in [9.17, 15) is 13.2 Å². The van der Waals surface area contributed by atoms with Crippen molar-refractivity contribution in [3.63, 3.8) is 0 Å². The van der Waals surface area contributed by atoms with Gasteiger partial charge < -0.3 is 0 Å². The average molecular weight is 303 g/mol. The number of hydrogen-bond acceptors (Lipinski definition) is 6. The molecule has 2 heterocycles.